The second-order valence-electron chi connectivity index (χ2n) is 5.49. The number of hydrogen-bond donors (Lipinski definition) is 0. The van der Waals surface area contributed by atoms with Gasteiger partial charge in [0, 0.05) is 34.9 Å². The lowest BCUT2D eigenvalue weighted by Crippen LogP contribution is -2.01. The second kappa shape index (κ2) is 5.97. The third kappa shape index (κ3) is 2.66. The van der Waals surface area contributed by atoms with E-state index in [-0.39, 0.29) is 0 Å². The summed E-state index contributed by atoms with van der Waals surface area (Å²) in [4.78, 5) is 13.5. The van der Waals surface area contributed by atoms with Crippen molar-refractivity contribution in [1.29, 1.82) is 0 Å². The summed E-state index contributed by atoms with van der Waals surface area (Å²) >= 11 is 6.03. The zero-order chi connectivity index (χ0) is 15.6. The van der Waals surface area contributed by atoms with Gasteiger partial charge < -0.3 is 0 Å². The number of pyridine rings is 1. The fourth-order valence-electron chi connectivity index (χ4n) is 2.83. The van der Waals surface area contributed by atoms with Crippen LogP contribution in [0, 0.1) is 0 Å². The minimum atomic E-state index is 0.719. The summed E-state index contributed by atoms with van der Waals surface area (Å²) in [7, 11) is 0. The number of halogens is 1. The molecule has 0 unspecified atom stereocenters. The van der Waals surface area contributed by atoms with Gasteiger partial charge in [0.25, 0.3) is 0 Å². The monoisotopic (exact) mass is 322 g/mol. The van der Waals surface area contributed by atoms with Gasteiger partial charge in [0.2, 0.25) is 0 Å². The Hall–Kier alpha value is -2.46. The largest absolute Gasteiger partial charge is 0.291 e. The Morgan fingerprint density at radius 1 is 1.09 bits per heavy atom. The molecule has 0 saturated carbocycles. The van der Waals surface area contributed by atoms with E-state index in [1.807, 2.05) is 48.9 Å². The van der Waals surface area contributed by atoms with Gasteiger partial charge in [-0.1, -0.05) is 11.6 Å². The summed E-state index contributed by atoms with van der Waals surface area (Å²) in [5.74, 6) is 0.925. The van der Waals surface area contributed by atoms with Crippen molar-refractivity contribution in [3.05, 3.63) is 59.8 Å². The minimum Gasteiger partial charge on any atom is -0.291 e. The molecule has 0 radical (unpaired) electrons. The second-order valence-corrected chi connectivity index (χ2v) is 5.93. The van der Waals surface area contributed by atoms with E-state index in [1.54, 1.807) is 6.20 Å². The van der Waals surface area contributed by atoms with E-state index in [0.717, 1.165) is 52.4 Å². The zero-order valence-corrected chi connectivity index (χ0v) is 13.2. The van der Waals surface area contributed by atoms with Gasteiger partial charge in [-0.15, -0.1) is 0 Å². The molecule has 0 fully saturated rings. The number of aromatic nitrogens is 3. The van der Waals surface area contributed by atoms with Gasteiger partial charge in [0.15, 0.2) is 0 Å². The van der Waals surface area contributed by atoms with Gasteiger partial charge in [-0.2, -0.15) is 0 Å². The minimum absolute atomic E-state index is 0.719. The van der Waals surface area contributed by atoms with E-state index >= 15 is 0 Å². The van der Waals surface area contributed by atoms with Crippen LogP contribution >= 0.6 is 11.6 Å². The first kappa shape index (κ1) is 14.2. The Labute approximate surface area is 139 Å². The van der Waals surface area contributed by atoms with E-state index < -0.39 is 0 Å². The summed E-state index contributed by atoms with van der Waals surface area (Å²) < 4.78 is 2.13. The number of fused-ring (bicyclic) bond motifs is 1. The normalized spacial score (nSPS) is 14.7. The van der Waals surface area contributed by atoms with Crippen LogP contribution in [-0.2, 0) is 0 Å². The fraction of sp³-hybridized carbons (Fsp3) is 0.167. The van der Waals surface area contributed by atoms with Crippen LogP contribution in [0.4, 0.5) is 0 Å². The third-order valence-corrected chi connectivity index (χ3v) is 4.20. The molecule has 0 spiro atoms. The van der Waals surface area contributed by atoms with E-state index in [9.17, 15) is 0 Å². The third-order valence-electron chi connectivity index (χ3n) is 3.94. The zero-order valence-electron chi connectivity index (χ0n) is 12.5. The molecule has 0 atom stereocenters. The van der Waals surface area contributed by atoms with Crippen molar-refractivity contribution >= 4 is 34.4 Å². The smallest absolute Gasteiger partial charge is 0.143 e. The molecule has 3 aromatic rings. The van der Waals surface area contributed by atoms with Crippen LogP contribution in [-0.4, -0.2) is 20.7 Å². The van der Waals surface area contributed by atoms with Crippen molar-refractivity contribution in [1.82, 2.24) is 14.5 Å². The lowest BCUT2D eigenvalue weighted by molar-refractivity contribution is 0.903. The van der Waals surface area contributed by atoms with E-state index in [0.29, 0.717) is 0 Å². The number of hydrogen-bond acceptors (Lipinski definition) is 3. The van der Waals surface area contributed by atoms with Crippen LogP contribution in [0.2, 0.25) is 5.02 Å². The van der Waals surface area contributed by atoms with Crippen molar-refractivity contribution in [2.75, 3.05) is 0 Å². The molecule has 0 amide bonds. The molecular weight excluding hydrogens is 308 g/mol. The van der Waals surface area contributed by atoms with Crippen LogP contribution in [0.25, 0.3) is 22.3 Å². The van der Waals surface area contributed by atoms with Crippen molar-refractivity contribution < 1.29 is 0 Å². The van der Waals surface area contributed by atoms with Crippen LogP contribution in [0.15, 0.2) is 53.9 Å². The molecule has 4 nitrogen and oxygen atoms in total. The van der Waals surface area contributed by atoms with E-state index in [1.165, 1.54) is 0 Å². The van der Waals surface area contributed by atoms with Gasteiger partial charge in [0.1, 0.15) is 5.82 Å². The number of aliphatic imine (C=N–C) groups is 1. The molecule has 1 aromatic carbocycles. The predicted octanol–water partition coefficient (Wildman–Crippen LogP) is 4.67. The molecule has 3 heterocycles. The Bertz CT molecular complexity index is 906. The molecule has 1 aliphatic heterocycles. The molecule has 0 saturated heterocycles. The Morgan fingerprint density at radius 2 is 1.96 bits per heavy atom. The van der Waals surface area contributed by atoms with Crippen molar-refractivity contribution in [3.8, 4) is 5.69 Å². The first-order valence-corrected chi connectivity index (χ1v) is 8.00. The van der Waals surface area contributed by atoms with Gasteiger partial charge >= 0.3 is 0 Å². The topological polar surface area (TPSA) is 43.1 Å². The number of rotatable bonds is 2. The molecule has 5 heteroatoms. The molecule has 2 aromatic heterocycles. The maximum Gasteiger partial charge on any atom is 0.143 e. The Morgan fingerprint density at radius 3 is 2.83 bits per heavy atom. The van der Waals surface area contributed by atoms with Gasteiger partial charge in [-0.25, -0.2) is 4.98 Å². The quantitative estimate of drug-likeness (QED) is 0.688. The lowest BCUT2D eigenvalue weighted by atomic mass is 10.1. The highest BCUT2D eigenvalue weighted by Gasteiger charge is 2.16. The molecule has 23 heavy (non-hydrogen) atoms. The van der Waals surface area contributed by atoms with Crippen LogP contribution in [0.3, 0.4) is 0 Å². The average Bonchev–Trinajstić information content (AvgIpc) is 2.76. The number of nitrogens with zero attached hydrogens (tertiary/aromatic N) is 4. The summed E-state index contributed by atoms with van der Waals surface area (Å²) in [5, 5.41) is 0.719. The van der Waals surface area contributed by atoms with Crippen LogP contribution in [0.1, 0.15) is 25.1 Å². The van der Waals surface area contributed by atoms with Crippen LogP contribution < -0.4 is 0 Å². The van der Waals surface area contributed by atoms with Crippen molar-refractivity contribution in [2.45, 2.75) is 19.3 Å². The number of allylic oxidation sites excluding steroid dienone is 1. The lowest BCUT2D eigenvalue weighted by Gasteiger charge is -2.11. The Kier molecular flexibility index (Phi) is 3.67. The fourth-order valence-corrected chi connectivity index (χ4v) is 2.95. The Balaban J connectivity index is 1.96. The van der Waals surface area contributed by atoms with Gasteiger partial charge in [-0.05, 0) is 49.6 Å². The molecule has 0 N–H and O–H groups in total. The van der Waals surface area contributed by atoms with Crippen molar-refractivity contribution in [2.24, 2.45) is 4.99 Å². The molecule has 0 aliphatic carbocycles. The maximum absolute atomic E-state index is 6.03. The first-order chi connectivity index (χ1) is 11.3. The maximum atomic E-state index is 6.03. The van der Waals surface area contributed by atoms with Crippen LogP contribution in [0.5, 0.6) is 0 Å². The predicted molar refractivity (Wildman–Crippen MR) is 94.2 cm³/mol. The van der Waals surface area contributed by atoms with Gasteiger partial charge in [0.05, 0.1) is 17.2 Å². The van der Waals surface area contributed by atoms with Gasteiger partial charge in [-0.3, -0.25) is 14.5 Å². The molecule has 1 aliphatic rings. The highest BCUT2D eigenvalue weighted by Crippen LogP contribution is 2.29. The molecule has 0 bridgehead atoms. The summed E-state index contributed by atoms with van der Waals surface area (Å²) in [6.45, 7) is 0. The summed E-state index contributed by atoms with van der Waals surface area (Å²) in [6, 6.07) is 9.72. The van der Waals surface area contributed by atoms with E-state index in [4.69, 9.17) is 16.6 Å². The number of imidazole rings is 1. The highest BCUT2D eigenvalue weighted by atomic mass is 35.5. The van der Waals surface area contributed by atoms with E-state index in [2.05, 4.69) is 14.5 Å². The average molecular weight is 323 g/mol. The summed E-state index contributed by atoms with van der Waals surface area (Å²) in [6.07, 6.45) is 10.5. The molecule has 114 valence electrons. The molecular formula is C18H15ClN4. The first-order valence-electron chi connectivity index (χ1n) is 7.62. The SMILES string of the molecule is Clc1ccc(-n2c(C3=CN=CCCC3)nc3ccncc32)cc1. The highest BCUT2D eigenvalue weighted by molar-refractivity contribution is 6.30. The molecule has 4 rings (SSSR count). The van der Waals surface area contributed by atoms with Crippen molar-refractivity contribution in [3.63, 3.8) is 0 Å². The number of benzene rings is 1. The summed E-state index contributed by atoms with van der Waals surface area (Å²) in [5.41, 5.74) is 4.08. The standard InChI is InChI=1S/C18H15ClN4/c19-14-4-6-15(7-5-14)23-17-12-21-10-8-16(17)22-18(23)13-3-1-2-9-20-11-13/h4-12H,1-3H2.